The predicted molar refractivity (Wildman–Crippen MR) is 85.8 cm³/mol. The maximum atomic E-state index is 12.9. The Morgan fingerprint density at radius 2 is 1.96 bits per heavy atom. The molecule has 1 aliphatic carbocycles. The molecule has 1 aromatic carbocycles. The molecule has 1 atom stereocenters. The summed E-state index contributed by atoms with van der Waals surface area (Å²) in [5.41, 5.74) is 1.61. The number of nitrogens with zero attached hydrogens (tertiary/aromatic N) is 5. The first-order valence-corrected chi connectivity index (χ1v) is 8.18. The molecule has 2 fully saturated rings. The summed E-state index contributed by atoms with van der Waals surface area (Å²) in [4.78, 5) is 17.4. The second-order valence-electron chi connectivity index (χ2n) is 6.43. The summed E-state index contributed by atoms with van der Waals surface area (Å²) in [5.74, 6) is -0.0256. The third-order valence-electron chi connectivity index (χ3n) is 4.74. The van der Waals surface area contributed by atoms with E-state index in [4.69, 9.17) is 0 Å². The summed E-state index contributed by atoms with van der Waals surface area (Å²) in [6.07, 6.45) is 4.27. The molecule has 2 heterocycles. The zero-order valence-electron chi connectivity index (χ0n) is 13.3. The van der Waals surface area contributed by atoms with E-state index in [1.807, 2.05) is 23.1 Å². The molecule has 23 heavy (non-hydrogen) atoms. The number of carbonyl (C=O) groups is 1. The van der Waals surface area contributed by atoms with Gasteiger partial charge in [-0.25, -0.2) is 0 Å². The first-order chi connectivity index (χ1) is 11.2. The van der Waals surface area contributed by atoms with E-state index in [1.54, 1.807) is 17.9 Å². The number of aryl methyl sites for hydroxylation is 1. The van der Waals surface area contributed by atoms with E-state index in [0.29, 0.717) is 5.69 Å². The Kier molecular flexibility index (Phi) is 3.61. The largest absolute Gasteiger partial charge is 0.328 e. The molecular weight excluding hydrogens is 290 g/mol. The Hall–Kier alpha value is -2.21. The third kappa shape index (κ3) is 2.86. The van der Waals surface area contributed by atoms with Gasteiger partial charge in [0.1, 0.15) is 0 Å². The minimum atomic E-state index is -0.0256. The number of carbonyl (C=O) groups excluding carboxylic acids is 1. The average molecular weight is 311 g/mol. The van der Waals surface area contributed by atoms with Gasteiger partial charge in [0.2, 0.25) is 0 Å². The van der Waals surface area contributed by atoms with Crippen LogP contribution in [0.5, 0.6) is 0 Å². The molecule has 0 N–H and O–H groups in total. The summed E-state index contributed by atoms with van der Waals surface area (Å²) < 4.78 is 1.57. The molecule has 1 saturated heterocycles. The molecule has 1 amide bonds. The fraction of sp³-hybridized carbons (Fsp3) is 0.471. The van der Waals surface area contributed by atoms with Gasteiger partial charge >= 0.3 is 0 Å². The van der Waals surface area contributed by atoms with Crippen molar-refractivity contribution < 1.29 is 4.79 Å². The monoisotopic (exact) mass is 311 g/mol. The number of aromatic nitrogens is 3. The minimum absolute atomic E-state index is 0.0256. The van der Waals surface area contributed by atoms with Crippen molar-refractivity contribution in [2.24, 2.45) is 7.05 Å². The lowest BCUT2D eigenvalue weighted by Crippen LogP contribution is -2.51. The zero-order valence-corrected chi connectivity index (χ0v) is 13.3. The van der Waals surface area contributed by atoms with Crippen molar-refractivity contribution in [3.63, 3.8) is 0 Å². The molecular formula is C17H21N5O. The van der Waals surface area contributed by atoms with Crippen LogP contribution in [-0.4, -0.2) is 56.4 Å². The second-order valence-corrected chi connectivity index (χ2v) is 6.43. The molecule has 4 rings (SSSR count). The number of rotatable bonds is 3. The SMILES string of the molecule is Cn1cc(C(=O)N2CCN(C3CC3)CC2c2ccccc2)nn1. The summed E-state index contributed by atoms with van der Waals surface area (Å²) in [6, 6.07) is 11.1. The Morgan fingerprint density at radius 1 is 1.17 bits per heavy atom. The van der Waals surface area contributed by atoms with Crippen molar-refractivity contribution >= 4 is 5.91 Å². The Bertz CT molecular complexity index is 694. The number of benzene rings is 1. The number of amides is 1. The molecule has 1 saturated carbocycles. The van der Waals surface area contributed by atoms with Gasteiger partial charge in [0, 0.05) is 32.7 Å². The van der Waals surface area contributed by atoms with Gasteiger partial charge < -0.3 is 4.90 Å². The average Bonchev–Trinajstić information content (AvgIpc) is 3.36. The standard InChI is InChI=1S/C17H21N5O/c1-20-11-15(18-19-20)17(23)22-10-9-21(14-7-8-14)12-16(22)13-5-3-2-4-6-13/h2-6,11,14,16H,7-10,12H2,1H3. The summed E-state index contributed by atoms with van der Waals surface area (Å²) in [7, 11) is 1.78. The van der Waals surface area contributed by atoms with E-state index in [1.165, 1.54) is 18.4 Å². The molecule has 1 unspecified atom stereocenters. The zero-order chi connectivity index (χ0) is 15.8. The van der Waals surface area contributed by atoms with E-state index < -0.39 is 0 Å². The lowest BCUT2D eigenvalue weighted by molar-refractivity contribution is 0.0427. The fourth-order valence-corrected chi connectivity index (χ4v) is 3.37. The quantitative estimate of drug-likeness (QED) is 0.861. The molecule has 0 radical (unpaired) electrons. The Labute approximate surface area is 135 Å². The molecule has 2 aromatic rings. The Morgan fingerprint density at radius 3 is 2.61 bits per heavy atom. The molecule has 0 spiro atoms. The van der Waals surface area contributed by atoms with Gasteiger partial charge in [-0.2, -0.15) is 0 Å². The van der Waals surface area contributed by atoms with Gasteiger partial charge in [0.05, 0.1) is 12.2 Å². The van der Waals surface area contributed by atoms with Crippen molar-refractivity contribution in [3.05, 3.63) is 47.8 Å². The highest BCUT2D eigenvalue weighted by atomic mass is 16.2. The number of hydrogen-bond acceptors (Lipinski definition) is 4. The van der Waals surface area contributed by atoms with Crippen LogP contribution in [0.2, 0.25) is 0 Å². The van der Waals surface area contributed by atoms with Crippen LogP contribution in [0.4, 0.5) is 0 Å². The van der Waals surface area contributed by atoms with E-state index in [2.05, 4.69) is 27.3 Å². The molecule has 0 bridgehead atoms. The Balaban J connectivity index is 1.62. The maximum Gasteiger partial charge on any atom is 0.276 e. The molecule has 6 nitrogen and oxygen atoms in total. The van der Waals surface area contributed by atoms with Crippen molar-refractivity contribution in [2.75, 3.05) is 19.6 Å². The van der Waals surface area contributed by atoms with Gasteiger partial charge in [-0.3, -0.25) is 14.4 Å². The topological polar surface area (TPSA) is 54.3 Å². The van der Waals surface area contributed by atoms with Crippen molar-refractivity contribution in [2.45, 2.75) is 24.9 Å². The van der Waals surface area contributed by atoms with Crippen molar-refractivity contribution in [1.82, 2.24) is 24.8 Å². The molecule has 1 aliphatic heterocycles. The fourth-order valence-electron chi connectivity index (χ4n) is 3.37. The van der Waals surface area contributed by atoms with Gasteiger partial charge in [-0.15, -0.1) is 5.10 Å². The van der Waals surface area contributed by atoms with Gasteiger partial charge in [-0.05, 0) is 18.4 Å². The highest BCUT2D eigenvalue weighted by molar-refractivity contribution is 5.92. The molecule has 1 aromatic heterocycles. The number of piperazine rings is 1. The van der Waals surface area contributed by atoms with E-state index in [0.717, 1.165) is 25.7 Å². The van der Waals surface area contributed by atoms with E-state index in [9.17, 15) is 4.79 Å². The predicted octanol–water partition coefficient (Wildman–Crippen LogP) is 1.48. The first-order valence-electron chi connectivity index (χ1n) is 8.18. The van der Waals surface area contributed by atoms with E-state index >= 15 is 0 Å². The van der Waals surface area contributed by atoms with Crippen LogP contribution in [0.3, 0.4) is 0 Å². The van der Waals surface area contributed by atoms with Crippen LogP contribution in [0.15, 0.2) is 36.5 Å². The van der Waals surface area contributed by atoms with Crippen molar-refractivity contribution in [3.8, 4) is 0 Å². The van der Waals surface area contributed by atoms with Crippen LogP contribution in [0.25, 0.3) is 0 Å². The van der Waals surface area contributed by atoms with Gasteiger partial charge in [-0.1, -0.05) is 35.5 Å². The van der Waals surface area contributed by atoms with E-state index in [-0.39, 0.29) is 11.9 Å². The maximum absolute atomic E-state index is 12.9. The summed E-state index contributed by atoms with van der Waals surface area (Å²) in [6.45, 7) is 2.59. The second kappa shape index (κ2) is 5.77. The highest BCUT2D eigenvalue weighted by Crippen LogP contribution is 2.33. The smallest absolute Gasteiger partial charge is 0.276 e. The third-order valence-corrected chi connectivity index (χ3v) is 4.74. The minimum Gasteiger partial charge on any atom is -0.328 e. The summed E-state index contributed by atoms with van der Waals surface area (Å²) >= 11 is 0. The molecule has 2 aliphatic rings. The van der Waals surface area contributed by atoms with Crippen LogP contribution in [-0.2, 0) is 7.05 Å². The highest BCUT2D eigenvalue weighted by Gasteiger charge is 2.38. The van der Waals surface area contributed by atoms with Gasteiger partial charge in [0.25, 0.3) is 5.91 Å². The molecule has 6 heteroatoms. The molecule has 120 valence electrons. The normalized spacial score (nSPS) is 22.3. The van der Waals surface area contributed by atoms with Crippen LogP contribution in [0.1, 0.15) is 34.9 Å². The van der Waals surface area contributed by atoms with Crippen LogP contribution < -0.4 is 0 Å². The van der Waals surface area contributed by atoms with Crippen LogP contribution >= 0.6 is 0 Å². The van der Waals surface area contributed by atoms with Gasteiger partial charge in [0.15, 0.2) is 5.69 Å². The summed E-state index contributed by atoms with van der Waals surface area (Å²) in [5, 5.41) is 7.89. The first kappa shape index (κ1) is 14.4. The lowest BCUT2D eigenvalue weighted by Gasteiger charge is -2.41. The lowest BCUT2D eigenvalue weighted by atomic mass is 10.0. The van der Waals surface area contributed by atoms with Crippen molar-refractivity contribution in [1.29, 1.82) is 0 Å². The number of hydrogen-bond donors (Lipinski definition) is 0. The van der Waals surface area contributed by atoms with Crippen LogP contribution in [0, 0.1) is 0 Å².